The van der Waals surface area contributed by atoms with Gasteiger partial charge in [-0.1, -0.05) is 84.1 Å². The Morgan fingerprint density at radius 1 is 0.913 bits per heavy atom. The normalized spacial score (nSPS) is 24.0. The van der Waals surface area contributed by atoms with Gasteiger partial charge >= 0.3 is 0 Å². The lowest BCUT2D eigenvalue weighted by Crippen LogP contribution is -2.31. The number of hydrogen-bond acceptors (Lipinski definition) is 2. The van der Waals surface area contributed by atoms with E-state index in [2.05, 4.69) is 65.6 Å². The largest absolute Gasteiger partial charge is 0.326 e. The third-order valence-electron chi connectivity index (χ3n) is 4.67. The third-order valence-corrected chi connectivity index (χ3v) is 6.13. The highest BCUT2D eigenvalue weighted by Crippen LogP contribution is 2.59. The van der Waals surface area contributed by atoms with E-state index in [9.17, 15) is 0 Å². The molecule has 0 spiro atoms. The zero-order chi connectivity index (χ0) is 15.4. The first-order valence-corrected chi connectivity index (χ1v) is 8.94. The molecular formula is C20H14ClNS. The second kappa shape index (κ2) is 5.05. The number of benzene rings is 2. The molecule has 0 amide bonds. The van der Waals surface area contributed by atoms with Crippen molar-refractivity contribution in [2.45, 2.75) is 10.9 Å². The summed E-state index contributed by atoms with van der Waals surface area (Å²) >= 11 is 8.38. The Labute approximate surface area is 145 Å². The minimum atomic E-state index is 0.318. The van der Waals surface area contributed by atoms with E-state index in [0.717, 1.165) is 10.7 Å². The number of rotatable bonds is 1. The second-order valence-electron chi connectivity index (χ2n) is 5.93. The minimum absolute atomic E-state index is 0.318. The third kappa shape index (κ3) is 1.89. The SMILES string of the molecule is Clc1cccc2c1N1C(=C(c3ccccc3)C3C=CC=CC31)S2. The Morgan fingerprint density at radius 2 is 1.74 bits per heavy atom. The summed E-state index contributed by atoms with van der Waals surface area (Å²) in [5.74, 6) is 0.384. The van der Waals surface area contributed by atoms with Gasteiger partial charge in [0.15, 0.2) is 0 Å². The summed E-state index contributed by atoms with van der Waals surface area (Å²) in [6, 6.07) is 17.2. The molecular weight excluding hydrogens is 322 g/mol. The van der Waals surface area contributed by atoms with Gasteiger partial charge in [-0.05, 0) is 23.3 Å². The maximum atomic E-state index is 6.54. The summed E-state index contributed by atoms with van der Waals surface area (Å²) in [7, 11) is 0. The van der Waals surface area contributed by atoms with Crippen LogP contribution in [0, 0.1) is 5.92 Å². The molecule has 2 atom stereocenters. The Hall–Kier alpha value is -1.90. The standard InChI is InChI=1S/C20H14ClNS/c21-15-10-6-12-17-19(15)22-16-11-5-4-9-14(16)18(20(22)23-17)13-7-2-1-3-8-13/h1-12,14,16H. The van der Waals surface area contributed by atoms with Crippen molar-refractivity contribution in [2.75, 3.05) is 4.90 Å². The molecule has 0 saturated carbocycles. The summed E-state index contributed by atoms with van der Waals surface area (Å²) in [5, 5.41) is 2.16. The smallest absolute Gasteiger partial charge is 0.0853 e. The Bertz CT molecular complexity index is 882. The van der Waals surface area contributed by atoms with Gasteiger partial charge in [0.2, 0.25) is 0 Å². The summed E-state index contributed by atoms with van der Waals surface area (Å²) in [6.45, 7) is 0. The van der Waals surface area contributed by atoms with Crippen LogP contribution >= 0.6 is 23.4 Å². The summed E-state index contributed by atoms with van der Waals surface area (Å²) in [5.41, 5.74) is 3.87. The monoisotopic (exact) mass is 335 g/mol. The van der Waals surface area contributed by atoms with Crippen molar-refractivity contribution in [3.05, 3.63) is 88.5 Å². The van der Waals surface area contributed by atoms with Crippen LogP contribution < -0.4 is 4.90 Å². The predicted molar refractivity (Wildman–Crippen MR) is 98.7 cm³/mol. The molecule has 2 aromatic rings. The van der Waals surface area contributed by atoms with Gasteiger partial charge in [-0.25, -0.2) is 0 Å². The van der Waals surface area contributed by atoms with E-state index in [1.807, 2.05) is 23.9 Å². The number of fused-ring (bicyclic) bond motifs is 5. The van der Waals surface area contributed by atoms with Crippen LogP contribution in [-0.4, -0.2) is 6.04 Å². The molecule has 1 aliphatic carbocycles. The van der Waals surface area contributed by atoms with Crippen LogP contribution in [0.2, 0.25) is 5.02 Å². The van der Waals surface area contributed by atoms with E-state index in [4.69, 9.17) is 11.6 Å². The number of allylic oxidation sites excluding steroid dienone is 2. The van der Waals surface area contributed by atoms with E-state index in [0.29, 0.717) is 12.0 Å². The predicted octanol–water partition coefficient (Wildman–Crippen LogP) is 5.75. The Kier molecular flexibility index (Phi) is 2.97. The number of anilines is 1. The molecule has 0 aromatic heterocycles. The molecule has 0 saturated heterocycles. The topological polar surface area (TPSA) is 3.24 Å². The van der Waals surface area contributed by atoms with E-state index in [1.54, 1.807) is 0 Å². The fourth-order valence-electron chi connectivity index (χ4n) is 3.72. The van der Waals surface area contributed by atoms with Crippen LogP contribution in [-0.2, 0) is 0 Å². The highest BCUT2D eigenvalue weighted by atomic mass is 35.5. The van der Waals surface area contributed by atoms with Gasteiger partial charge in [0.25, 0.3) is 0 Å². The molecule has 112 valence electrons. The lowest BCUT2D eigenvalue weighted by Gasteiger charge is -2.27. The van der Waals surface area contributed by atoms with Gasteiger partial charge in [0.1, 0.15) is 0 Å². The van der Waals surface area contributed by atoms with Gasteiger partial charge in [-0.15, -0.1) is 0 Å². The van der Waals surface area contributed by atoms with Crippen LogP contribution in [0.3, 0.4) is 0 Å². The summed E-state index contributed by atoms with van der Waals surface area (Å²) < 4.78 is 0. The zero-order valence-electron chi connectivity index (χ0n) is 12.3. The van der Waals surface area contributed by atoms with E-state index >= 15 is 0 Å². The van der Waals surface area contributed by atoms with Crippen molar-refractivity contribution >= 4 is 34.6 Å². The molecule has 0 N–H and O–H groups in total. The van der Waals surface area contributed by atoms with Crippen molar-refractivity contribution in [3.8, 4) is 0 Å². The number of thioether (sulfide) groups is 1. The van der Waals surface area contributed by atoms with Gasteiger partial charge in [-0.2, -0.15) is 0 Å². The number of hydrogen-bond donors (Lipinski definition) is 0. The highest BCUT2D eigenvalue weighted by Gasteiger charge is 2.45. The molecule has 0 radical (unpaired) electrons. The van der Waals surface area contributed by atoms with Crippen molar-refractivity contribution in [3.63, 3.8) is 0 Å². The first kappa shape index (κ1) is 13.5. The van der Waals surface area contributed by atoms with Crippen LogP contribution in [0.5, 0.6) is 0 Å². The Morgan fingerprint density at radius 3 is 2.61 bits per heavy atom. The highest BCUT2D eigenvalue weighted by molar-refractivity contribution is 8.04. The zero-order valence-corrected chi connectivity index (χ0v) is 13.9. The van der Waals surface area contributed by atoms with Crippen molar-refractivity contribution in [2.24, 2.45) is 5.92 Å². The molecule has 3 aliphatic rings. The lowest BCUT2D eigenvalue weighted by molar-refractivity contribution is 0.709. The van der Waals surface area contributed by atoms with E-state index in [-0.39, 0.29) is 0 Å². The van der Waals surface area contributed by atoms with Crippen LogP contribution in [0.25, 0.3) is 5.57 Å². The average Bonchev–Trinajstić information content (AvgIpc) is 3.10. The fraction of sp³-hybridized carbons (Fsp3) is 0.100. The van der Waals surface area contributed by atoms with Crippen molar-refractivity contribution < 1.29 is 0 Å². The molecule has 2 aromatic carbocycles. The van der Waals surface area contributed by atoms with Crippen LogP contribution in [0.4, 0.5) is 5.69 Å². The van der Waals surface area contributed by atoms with E-state index in [1.165, 1.54) is 21.1 Å². The average molecular weight is 336 g/mol. The molecule has 23 heavy (non-hydrogen) atoms. The number of nitrogens with zero attached hydrogens (tertiary/aromatic N) is 1. The molecule has 2 heterocycles. The lowest BCUT2D eigenvalue weighted by atomic mass is 9.87. The molecule has 2 unspecified atom stereocenters. The van der Waals surface area contributed by atoms with Crippen LogP contribution in [0.1, 0.15) is 5.56 Å². The maximum absolute atomic E-state index is 6.54. The first-order valence-electron chi connectivity index (χ1n) is 7.75. The van der Waals surface area contributed by atoms with Crippen LogP contribution in [0.15, 0.2) is 82.8 Å². The second-order valence-corrected chi connectivity index (χ2v) is 7.37. The van der Waals surface area contributed by atoms with Gasteiger partial charge in [0.05, 0.1) is 21.8 Å². The fourth-order valence-corrected chi connectivity index (χ4v) is 5.38. The molecule has 0 fully saturated rings. The van der Waals surface area contributed by atoms with Crippen molar-refractivity contribution in [1.82, 2.24) is 0 Å². The van der Waals surface area contributed by atoms with E-state index < -0.39 is 0 Å². The Balaban J connectivity index is 1.76. The quantitative estimate of drug-likeness (QED) is 0.653. The number of halogens is 1. The minimum Gasteiger partial charge on any atom is -0.326 e. The molecule has 3 heteroatoms. The van der Waals surface area contributed by atoms with Gasteiger partial charge < -0.3 is 4.90 Å². The molecule has 0 bridgehead atoms. The van der Waals surface area contributed by atoms with Gasteiger partial charge in [0, 0.05) is 10.8 Å². The molecule has 2 aliphatic heterocycles. The van der Waals surface area contributed by atoms with Crippen molar-refractivity contribution in [1.29, 1.82) is 0 Å². The molecule has 1 nitrogen and oxygen atoms in total. The maximum Gasteiger partial charge on any atom is 0.0853 e. The van der Waals surface area contributed by atoms with Gasteiger partial charge in [-0.3, -0.25) is 0 Å². The summed E-state index contributed by atoms with van der Waals surface area (Å²) in [4.78, 5) is 3.68. The molecule has 5 rings (SSSR count). The first-order chi connectivity index (χ1) is 11.3. The number of para-hydroxylation sites is 1. The summed E-state index contributed by atoms with van der Waals surface area (Å²) in [6.07, 6.45) is 8.91.